The summed E-state index contributed by atoms with van der Waals surface area (Å²) < 4.78 is 53.0. The summed E-state index contributed by atoms with van der Waals surface area (Å²) in [5.41, 5.74) is 3.47. The molecule has 0 saturated carbocycles. The molecule has 34 heavy (non-hydrogen) atoms. The quantitative estimate of drug-likeness (QED) is 0.443. The number of carbonyl (C=O) groups is 1. The molecule has 0 aliphatic rings. The number of ether oxygens (including phenoxy) is 2. The van der Waals surface area contributed by atoms with Crippen molar-refractivity contribution in [1.29, 1.82) is 0 Å². The van der Waals surface area contributed by atoms with E-state index in [9.17, 15) is 17.6 Å². The van der Waals surface area contributed by atoms with Crippen LogP contribution in [0.25, 0.3) is 0 Å². The number of esters is 1. The molecule has 0 aliphatic heterocycles. The Labute approximate surface area is 199 Å². The lowest BCUT2D eigenvalue weighted by Crippen LogP contribution is -2.31. The maximum absolute atomic E-state index is 14.0. The Kier molecular flexibility index (Phi) is 7.78. The summed E-state index contributed by atoms with van der Waals surface area (Å²) in [5, 5.41) is 0. The van der Waals surface area contributed by atoms with Crippen LogP contribution in [-0.2, 0) is 27.8 Å². The van der Waals surface area contributed by atoms with E-state index in [4.69, 9.17) is 9.47 Å². The third-order valence-electron chi connectivity index (χ3n) is 5.77. The predicted octanol–water partition coefficient (Wildman–Crippen LogP) is 4.66. The third-order valence-corrected chi connectivity index (χ3v) is 7.70. The van der Waals surface area contributed by atoms with Gasteiger partial charge in [0.15, 0.2) is 0 Å². The number of nitrogens with zero attached hydrogens (tertiary/aromatic N) is 1. The highest BCUT2D eigenvalue weighted by atomic mass is 32.2. The van der Waals surface area contributed by atoms with E-state index in [0.717, 1.165) is 17.2 Å². The van der Waals surface area contributed by atoms with E-state index in [1.165, 1.54) is 16.4 Å². The fraction of sp³-hybridized carbons (Fsp3) is 0.320. The molecule has 0 unspecified atom stereocenters. The summed E-state index contributed by atoms with van der Waals surface area (Å²) in [7, 11) is -2.54. The maximum atomic E-state index is 14.0. The molecule has 182 valence electrons. The lowest BCUT2D eigenvalue weighted by Gasteiger charge is -2.23. The average molecular weight is 489 g/mol. The standard InChI is InChI=1S/C25H29FN2O5S/c1-6-33-25(29)24-18(4)17(3)22(27-24)15-28(14-19-8-11-21(32-5)12-9-19)34(30,31)23-13-20(26)10-7-16(23)2/h7-13,27H,6,14-15H2,1-5H3. The first-order chi connectivity index (χ1) is 16.1. The molecule has 0 atom stereocenters. The Balaban J connectivity index is 2.06. The Morgan fingerprint density at radius 3 is 2.32 bits per heavy atom. The van der Waals surface area contributed by atoms with Crippen LogP contribution in [0.2, 0.25) is 0 Å². The molecule has 2 aromatic carbocycles. The van der Waals surface area contributed by atoms with Gasteiger partial charge < -0.3 is 14.5 Å². The minimum atomic E-state index is -4.09. The molecule has 1 heterocycles. The van der Waals surface area contributed by atoms with Crippen molar-refractivity contribution in [1.82, 2.24) is 9.29 Å². The topological polar surface area (TPSA) is 88.7 Å². The first kappa shape index (κ1) is 25.5. The van der Waals surface area contributed by atoms with E-state index in [1.807, 2.05) is 6.92 Å². The van der Waals surface area contributed by atoms with Gasteiger partial charge in [0.25, 0.3) is 0 Å². The van der Waals surface area contributed by atoms with Crippen molar-refractivity contribution in [2.24, 2.45) is 0 Å². The summed E-state index contributed by atoms with van der Waals surface area (Å²) in [6.07, 6.45) is 0. The zero-order valence-electron chi connectivity index (χ0n) is 19.9. The SMILES string of the molecule is CCOC(=O)c1[nH]c(CN(Cc2ccc(OC)cc2)S(=O)(=O)c2cc(F)ccc2C)c(C)c1C. The van der Waals surface area contributed by atoms with Crippen LogP contribution in [0.4, 0.5) is 4.39 Å². The molecule has 7 nitrogen and oxygen atoms in total. The van der Waals surface area contributed by atoms with Gasteiger partial charge in [-0.05, 0) is 74.2 Å². The number of halogens is 1. The lowest BCUT2D eigenvalue weighted by atomic mass is 10.1. The second kappa shape index (κ2) is 10.4. The molecule has 0 saturated heterocycles. The zero-order chi connectivity index (χ0) is 25.0. The molecule has 9 heteroatoms. The van der Waals surface area contributed by atoms with Crippen LogP contribution >= 0.6 is 0 Å². The molecule has 1 aromatic heterocycles. The number of aromatic amines is 1. The van der Waals surface area contributed by atoms with Gasteiger partial charge in [-0.1, -0.05) is 18.2 Å². The van der Waals surface area contributed by atoms with Gasteiger partial charge in [0, 0.05) is 12.2 Å². The van der Waals surface area contributed by atoms with Crippen molar-refractivity contribution >= 4 is 16.0 Å². The Hall–Kier alpha value is -3.17. The maximum Gasteiger partial charge on any atom is 0.355 e. The van der Waals surface area contributed by atoms with Gasteiger partial charge in [-0.15, -0.1) is 0 Å². The van der Waals surface area contributed by atoms with Gasteiger partial charge in [-0.2, -0.15) is 4.31 Å². The number of benzene rings is 2. The summed E-state index contributed by atoms with van der Waals surface area (Å²) in [5.74, 6) is -0.487. The van der Waals surface area contributed by atoms with Crippen LogP contribution in [-0.4, -0.2) is 37.4 Å². The fourth-order valence-corrected chi connectivity index (χ4v) is 5.28. The largest absolute Gasteiger partial charge is 0.497 e. The molecule has 1 N–H and O–H groups in total. The van der Waals surface area contributed by atoms with Crippen molar-refractivity contribution in [3.05, 3.63) is 81.9 Å². The van der Waals surface area contributed by atoms with Gasteiger partial charge >= 0.3 is 5.97 Å². The van der Waals surface area contributed by atoms with Gasteiger partial charge in [0.2, 0.25) is 10.0 Å². The third kappa shape index (κ3) is 5.31. The number of carbonyl (C=O) groups excluding carboxylic acids is 1. The number of nitrogens with one attached hydrogen (secondary N) is 1. The minimum absolute atomic E-state index is 0.0362. The van der Waals surface area contributed by atoms with Crippen LogP contribution in [0.1, 0.15) is 45.4 Å². The van der Waals surface area contributed by atoms with E-state index in [2.05, 4.69) is 4.98 Å². The molecule has 0 spiro atoms. The predicted molar refractivity (Wildman–Crippen MR) is 127 cm³/mol. The van der Waals surface area contributed by atoms with E-state index in [-0.39, 0.29) is 30.3 Å². The number of rotatable bonds is 9. The van der Waals surface area contributed by atoms with Crippen LogP contribution < -0.4 is 4.74 Å². The molecule has 0 bridgehead atoms. The Morgan fingerprint density at radius 1 is 1.03 bits per heavy atom. The number of methoxy groups -OCH3 is 1. The van der Waals surface area contributed by atoms with E-state index >= 15 is 0 Å². The minimum Gasteiger partial charge on any atom is -0.497 e. The number of aromatic nitrogens is 1. The van der Waals surface area contributed by atoms with Gasteiger partial charge in [-0.25, -0.2) is 17.6 Å². The zero-order valence-corrected chi connectivity index (χ0v) is 20.8. The Bertz CT molecular complexity index is 1280. The van der Waals surface area contributed by atoms with E-state index in [0.29, 0.717) is 22.6 Å². The molecule has 3 rings (SSSR count). The summed E-state index contributed by atoms with van der Waals surface area (Å²) in [6, 6.07) is 10.7. The molecular weight excluding hydrogens is 459 g/mol. The number of sulfonamides is 1. The normalized spacial score (nSPS) is 11.6. The highest BCUT2D eigenvalue weighted by Crippen LogP contribution is 2.27. The van der Waals surface area contributed by atoms with Gasteiger partial charge in [0.05, 0.1) is 25.2 Å². The lowest BCUT2D eigenvalue weighted by molar-refractivity contribution is 0.0519. The molecule has 0 radical (unpaired) electrons. The highest BCUT2D eigenvalue weighted by Gasteiger charge is 2.29. The smallest absolute Gasteiger partial charge is 0.355 e. The van der Waals surface area contributed by atoms with Crippen molar-refractivity contribution in [3.8, 4) is 5.75 Å². The van der Waals surface area contributed by atoms with Crippen molar-refractivity contribution in [2.45, 2.75) is 45.7 Å². The van der Waals surface area contributed by atoms with Crippen molar-refractivity contribution in [2.75, 3.05) is 13.7 Å². The van der Waals surface area contributed by atoms with Gasteiger partial charge in [-0.3, -0.25) is 0 Å². The summed E-state index contributed by atoms with van der Waals surface area (Å²) in [6.45, 7) is 7.15. The number of hydrogen-bond donors (Lipinski definition) is 1. The average Bonchev–Trinajstić information content (AvgIpc) is 3.09. The summed E-state index contributed by atoms with van der Waals surface area (Å²) >= 11 is 0. The van der Waals surface area contributed by atoms with E-state index < -0.39 is 21.8 Å². The van der Waals surface area contributed by atoms with Crippen molar-refractivity contribution < 1.29 is 27.1 Å². The second-order valence-electron chi connectivity index (χ2n) is 7.98. The first-order valence-corrected chi connectivity index (χ1v) is 12.3. The number of aryl methyl sites for hydroxylation is 1. The monoisotopic (exact) mass is 488 g/mol. The Morgan fingerprint density at radius 2 is 1.71 bits per heavy atom. The number of H-pyrrole nitrogens is 1. The van der Waals surface area contributed by atoms with E-state index in [1.54, 1.807) is 52.1 Å². The van der Waals surface area contributed by atoms with Crippen molar-refractivity contribution in [3.63, 3.8) is 0 Å². The van der Waals surface area contributed by atoms with Crippen LogP contribution in [0.15, 0.2) is 47.4 Å². The number of hydrogen-bond acceptors (Lipinski definition) is 5. The molecular formula is C25H29FN2O5S. The summed E-state index contributed by atoms with van der Waals surface area (Å²) in [4.78, 5) is 15.3. The molecule has 0 amide bonds. The van der Waals surface area contributed by atoms with Crippen LogP contribution in [0.3, 0.4) is 0 Å². The fourth-order valence-electron chi connectivity index (χ4n) is 3.65. The van der Waals surface area contributed by atoms with Crippen LogP contribution in [0.5, 0.6) is 5.75 Å². The molecule has 3 aromatic rings. The molecule has 0 fully saturated rings. The molecule has 0 aliphatic carbocycles. The van der Waals surface area contributed by atoms with Crippen LogP contribution in [0, 0.1) is 26.6 Å². The highest BCUT2D eigenvalue weighted by molar-refractivity contribution is 7.89. The first-order valence-electron chi connectivity index (χ1n) is 10.8. The van der Waals surface area contributed by atoms with Gasteiger partial charge in [0.1, 0.15) is 17.3 Å². The second-order valence-corrected chi connectivity index (χ2v) is 9.89.